The zero-order valence-corrected chi connectivity index (χ0v) is 19.5. The van der Waals surface area contributed by atoms with E-state index in [4.69, 9.17) is 0 Å². The van der Waals surface area contributed by atoms with Crippen LogP contribution in [0.5, 0.6) is 0 Å². The number of hydrogen-bond acceptors (Lipinski definition) is 6. The van der Waals surface area contributed by atoms with E-state index < -0.39 is 10.8 Å². The van der Waals surface area contributed by atoms with E-state index in [2.05, 4.69) is 10.6 Å². The van der Waals surface area contributed by atoms with Gasteiger partial charge >= 0.3 is 0 Å². The molecule has 3 amide bonds. The fourth-order valence-corrected chi connectivity index (χ4v) is 3.76. The van der Waals surface area contributed by atoms with Crippen LogP contribution in [-0.4, -0.2) is 53.7 Å². The van der Waals surface area contributed by atoms with Crippen molar-refractivity contribution in [2.45, 2.75) is 27.2 Å². The SMILES string of the molecule is CC(=O)N1CCN(c2ccc(C(=O)Nc3ccc(NC(=O)CC(C)C)cc3)cc2[N+](=O)[O-])CC1. The molecule has 180 valence electrons. The van der Waals surface area contributed by atoms with Gasteiger partial charge in [0.15, 0.2) is 0 Å². The minimum atomic E-state index is -0.502. The predicted octanol–water partition coefficient (Wildman–Crippen LogP) is 3.50. The smallest absolute Gasteiger partial charge is 0.293 e. The standard InChI is InChI=1S/C24H29N5O5/c1-16(2)14-23(31)25-19-5-7-20(8-6-19)26-24(32)18-4-9-21(22(15-18)29(33)34)28-12-10-27(11-13-28)17(3)30/h4-9,15-16H,10-14H2,1-3H3,(H,25,31)(H,26,32). The van der Waals surface area contributed by atoms with E-state index >= 15 is 0 Å². The van der Waals surface area contributed by atoms with Gasteiger partial charge in [0.1, 0.15) is 5.69 Å². The van der Waals surface area contributed by atoms with E-state index in [-0.39, 0.29) is 29.0 Å². The Morgan fingerprint density at radius 2 is 1.56 bits per heavy atom. The minimum Gasteiger partial charge on any atom is -0.362 e. The molecule has 1 heterocycles. The Morgan fingerprint density at radius 3 is 2.09 bits per heavy atom. The van der Waals surface area contributed by atoms with Crippen LogP contribution in [-0.2, 0) is 9.59 Å². The number of benzene rings is 2. The van der Waals surface area contributed by atoms with Crippen LogP contribution in [0.15, 0.2) is 42.5 Å². The summed E-state index contributed by atoms with van der Waals surface area (Å²) < 4.78 is 0. The molecule has 1 aliphatic heterocycles. The number of nitrogens with zero attached hydrogens (tertiary/aromatic N) is 3. The van der Waals surface area contributed by atoms with Gasteiger partial charge in [0.25, 0.3) is 11.6 Å². The molecule has 0 bridgehead atoms. The van der Waals surface area contributed by atoms with Gasteiger partial charge in [-0.25, -0.2) is 0 Å². The summed E-state index contributed by atoms with van der Waals surface area (Å²) in [7, 11) is 0. The highest BCUT2D eigenvalue weighted by atomic mass is 16.6. The summed E-state index contributed by atoms with van der Waals surface area (Å²) >= 11 is 0. The first-order chi connectivity index (χ1) is 16.1. The van der Waals surface area contributed by atoms with Crippen molar-refractivity contribution >= 4 is 40.5 Å². The molecular formula is C24H29N5O5. The summed E-state index contributed by atoms with van der Waals surface area (Å²) in [6.45, 7) is 7.36. The topological polar surface area (TPSA) is 125 Å². The van der Waals surface area contributed by atoms with E-state index in [0.717, 1.165) is 0 Å². The Hall–Kier alpha value is -3.95. The number of hydrogen-bond donors (Lipinski definition) is 2. The Kier molecular flexibility index (Phi) is 7.83. The second-order valence-corrected chi connectivity index (χ2v) is 8.63. The second kappa shape index (κ2) is 10.8. The van der Waals surface area contributed by atoms with Gasteiger partial charge in [-0.15, -0.1) is 0 Å². The molecule has 1 saturated heterocycles. The van der Waals surface area contributed by atoms with Gasteiger partial charge in [-0.1, -0.05) is 13.8 Å². The third-order valence-corrected chi connectivity index (χ3v) is 5.52. The van der Waals surface area contributed by atoms with Crippen LogP contribution in [0.25, 0.3) is 0 Å². The third-order valence-electron chi connectivity index (χ3n) is 5.52. The van der Waals surface area contributed by atoms with Gasteiger partial charge in [-0.3, -0.25) is 24.5 Å². The van der Waals surface area contributed by atoms with Crippen LogP contribution in [0.3, 0.4) is 0 Å². The lowest BCUT2D eigenvalue weighted by molar-refractivity contribution is -0.384. The predicted molar refractivity (Wildman–Crippen MR) is 130 cm³/mol. The molecule has 10 nitrogen and oxygen atoms in total. The van der Waals surface area contributed by atoms with Crippen LogP contribution in [0.2, 0.25) is 0 Å². The molecule has 0 atom stereocenters. The lowest BCUT2D eigenvalue weighted by atomic mass is 10.1. The van der Waals surface area contributed by atoms with E-state index in [9.17, 15) is 24.5 Å². The number of nitrogens with one attached hydrogen (secondary N) is 2. The molecule has 1 fully saturated rings. The van der Waals surface area contributed by atoms with Gasteiger partial charge in [0.05, 0.1) is 4.92 Å². The van der Waals surface area contributed by atoms with Crippen LogP contribution >= 0.6 is 0 Å². The monoisotopic (exact) mass is 467 g/mol. The molecule has 0 aliphatic carbocycles. The highest BCUT2D eigenvalue weighted by molar-refractivity contribution is 6.05. The van der Waals surface area contributed by atoms with Gasteiger partial charge < -0.3 is 20.4 Å². The fraction of sp³-hybridized carbons (Fsp3) is 0.375. The van der Waals surface area contributed by atoms with Crippen molar-refractivity contribution in [3.8, 4) is 0 Å². The highest BCUT2D eigenvalue weighted by Gasteiger charge is 2.26. The van der Waals surface area contributed by atoms with Crippen LogP contribution < -0.4 is 15.5 Å². The maximum Gasteiger partial charge on any atom is 0.293 e. The van der Waals surface area contributed by atoms with Crippen molar-refractivity contribution in [1.82, 2.24) is 4.90 Å². The van der Waals surface area contributed by atoms with E-state index in [1.807, 2.05) is 18.7 Å². The number of carbonyl (C=O) groups is 3. The van der Waals surface area contributed by atoms with Crippen molar-refractivity contribution in [1.29, 1.82) is 0 Å². The third kappa shape index (κ3) is 6.31. The Bertz CT molecular complexity index is 1080. The van der Waals surface area contributed by atoms with Crippen LogP contribution in [0.1, 0.15) is 37.6 Å². The van der Waals surface area contributed by atoms with Gasteiger partial charge in [0, 0.05) is 62.5 Å². The number of nitro benzene ring substituents is 1. The van der Waals surface area contributed by atoms with Crippen molar-refractivity contribution in [3.05, 3.63) is 58.1 Å². The van der Waals surface area contributed by atoms with Crippen LogP contribution in [0, 0.1) is 16.0 Å². The van der Waals surface area contributed by atoms with Crippen LogP contribution in [0.4, 0.5) is 22.7 Å². The van der Waals surface area contributed by atoms with E-state index in [1.165, 1.54) is 13.0 Å². The van der Waals surface area contributed by atoms with Gasteiger partial charge in [0.2, 0.25) is 11.8 Å². The molecule has 2 aromatic carbocycles. The number of anilines is 3. The number of amides is 3. The lowest BCUT2D eigenvalue weighted by Gasteiger charge is -2.35. The lowest BCUT2D eigenvalue weighted by Crippen LogP contribution is -2.48. The number of rotatable bonds is 7. The quantitative estimate of drug-likeness (QED) is 0.474. The molecule has 3 rings (SSSR count). The highest BCUT2D eigenvalue weighted by Crippen LogP contribution is 2.30. The second-order valence-electron chi connectivity index (χ2n) is 8.63. The Labute approximate surface area is 198 Å². The summed E-state index contributed by atoms with van der Waals surface area (Å²) in [5, 5.41) is 17.2. The zero-order valence-electron chi connectivity index (χ0n) is 19.5. The maximum atomic E-state index is 12.7. The Balaban J connectivity index is 1.68. The number of piperazine rings is 1. The van der Waals surface area contributed by atoms with Gasteiger partial charge in [-0.2, -0.15) is 0 Å². The zero-order chi connectivity index (χ0) is 24.8. The first-order valence-electron chi connectivity index (χ1n) is 11.1. The summed E-state index contributed by atoms with van der Waals surface area (Å²) in [4.78, 5) is 50.9. The maximum absolute atomic E-state index is 12.7. The molecule has 0 spiro atoms. The normalized spacial score (nSPS) is 13.5. The Morgan fingerprint density at radius 1 is 0.971 bits per heavy atom. The molecule has 2 aromatic rings. The average Bonchev–Trinajstić information content (AvgIpc) is 2.79. The molecule has 0 unspecified atom stereocenters. The summed E-state index contributed by atoms with van der Waals surface area (Å²) in [5.41, 5.74) is 1.54. The largest absolute Gasteiger partial charge is 0.362 e. The van der Waals surface area contributed by atoms with Crippen molar-refractivity contribution < 1.29 is 19.3 Å². The summed E-state index contributed by atoms with van der Waals surface area (Å²) in [6, 6.07) is 11.1. The first kappa shape index (κ1) is 24.7. The minimum absolute atomic E-state index is 0.0212. The summed E-state index contributed by atoms with van der Waals surface area (Å²) in [6.07, 6.45) is 0.416. The first-order valence-corrected chi connectivity index (χ1v) is 11.1. The molecule has 10 heteroatoms. The summed E-state index contributed by atoms with van der Waals surface area (Å²) in [5.74, 6) is -0.333. The molecule has 0 saturated carbocycles. The fourth-order valence-electron chi connectivity index (χ4n) is 3.76. The van der Waals surface area contributed by atoms with E-state index in [1.54, 1.807) is 41.3 Å². The molecule has 0 aromatic heterocycles. The molecule has 0 radical (unpaired) electrons. The molecule has 1 aliphatic rings. The molecular weight excluding hydrogens is 438 g/mol. The van der Waals surface area contributed by atoms with Crippen molar-refractivity contribution in [2.75, 3.05) is 41.7 Å². The number of carbonyl (C=O) groups excluding carboxylic acids is 3. The molecule has 34 heavy (non-hydrogen) atoms. The van der Waals surface area contributed by atoms with Gasteiger partial charge in [-0.05, 0) is 42.3 Å². The van der Waals surface area contributed by atoms with Crippen molar-refractivity contribution in [3.63, 3.8) is 0 Å². The van der Waals surface area contributed by atoms with Crippen molar-refractivity contribution in [2.24, 2.45) is 5.92 Å². The number of nitro groups is 1. The van der Waals surface area contributed by atoms with E-state index in [0.29, 0.717) is 49.7 Å². The average molecular weight is 468 g/mol. The molecule has 2 N–H and O–H groups in total.